The van der Waals surface area contributed by atoms with Gasteiger partial charge in [0.25, 0.3) is 0 Å². The number of ether oxygens (including phenoxy) is 4. The van der Waals surface area contributed by atoms with Crippen LogP contribution in [0.5, 0.6) is 11.5 Å². The lowest BCUT2D eigenvalue weighted by molar-refractivity contribution is -0.168. The van der Waals surface area contributed by atoms with Crippen molar-refractivity contribution >= 4 is 0 Å². The topological polar surface area (TPSA) is 99.9 Å². The molecule has 2 bridgehead atoms. The van der Waals surface area contributed by atoms with E-state index >= 15 is 0 Å². The summed E-state index contributed by atoms with van der Waals surface area (Å²) in [4.78, 5) is 3.95. The zero-order chi connectivity index (χ0) is 16.8. The van der Waals surface area contributed by atoms with Crippen LogP contribution in [0.4, 0.5) is 0 Å². The average molecular weight is 346 g/mol. The molecule has 0 amide bonds. The largest absolute Gasteiger partial charge is 0.454 e. The van der Waals surface area contributed by atoms with Gasteiger partial charge in [0.05, 0.1) is 18.8 Å². The molecule has 3 aliphatic rings. The fourth-order valence-corrected chi connectivity index (χ4v) is 3.59. The molecule has 9 nitrogen and oxygen atoms in total. The lowest BCUT2D eigenvalue weighted by Crippen LogP contribution is -2.57. The van der Waals surface area contributed by atoms with Crippen LogP contribution in [-0.2, 0) is 16.0 Å². The van der Waals surface area contributed by atoms with Crippen molar-refractivity contribution in [2.24, 2.45) is 0 Å². The molecule has 5 atom stereocenters. The predicted octanol–water partition coefficient (Wildman–Crippen LogP) is -0.178. The smallest absolute Gasteiger partial charge is 0.231 e. The number of aromatic nitrogens is 3. The lowest BCUT2D eigenvalue weighted by atomic mass is 9.96. The Hall–Kier alpha value is -2.20. The first-order chi connectivity index (χ1) is 12.3. The van der Waals surface area contributed by atoms with Crippen LogP contribution in [0.25, 0.3) is 0 Å². The summed E-state index contributed by atoms with van der Waals surface area (Å²) in [5, 5.41) is 18.4. The number of nitrogens with zero attached hydrogens (tertiary/aromatic N) is 3. The van der Waals surface area contributed by atoms with E-state index in [1.165, 1.54) is 6.33 Å². The maximum atomic E-state index is 10.9. The SMILES string of the molecule is O[C@H]1[C@H](NCc2ccc3c(c2)OCO3)[C@H]2CO[C@H](O2)[C@@H]1n1cncn1. The van der Waals surface area contributed by atoms with Crippen molar-refractivity contribution in [3.63, 3.8) is 0 Å². The Labute approximate surface area is 143 Å². The first kappa shape index (κ1) is 15.1. The Bertz CT molecular complexity index is 755. The molecule has 9 heteroatoms. The third kappa shape index (κ3) is 2.56. The number of rotatable bonds is 4. The predicted molar refractivity (Wildman–Crippen MR) is 82.9 cm³/mol. The van der Waals surface area contributed by atoms with Gasteiger partial charge in [0, 0.05) is 6.54 Å². The Balaban J connectivity index is 1.33. The molecule has 0 radical (unpaired) electrons. The van der Waals surface area contributed by atoms with E-state index in [0.29, 0.717) is 13.2 Å². The maximum absolute atomic E-state index is 10.9. The third-order valence-corrected chi connectivity index (χ3v) is 4.85. The molecule has 0 spiro atoms. The third-order valence-electron chi connectivity index (χ3n) is 4.85. The number of aliphatic hydroxyl groups is 1. The highest BCUT2D eigenvalue weighted by atomic mass is 16.7. The van der Waals surface area contributed by atoms with Gasteiger partial charge >= 0.3 is 0 Å². The lowest BCUT2D eigenvalue weighted by Gasteiger charge is -2.38. The second-order valence-electron chi connectivity index (χ2n) is 6.33. The molecule has 4 heterocycles. The van der Waals surface area contributed by atoms with Gasteiger partial charge in [-0.15, -0.1) is 0 Å². The normalized spacial score (nSPS) is 32.9. The Morgan fingerprint density at radius 3 is 3.08 bits per heavy atom. The van der Waals surface area contributed by atoms with Crippen molar-refractivity contribution in [3.05, 3.63) is 36.4 Å². The van der Waals surface area contributed by atoms with Crippen LogP contribution in [0.1, 0.15) is 11.6 Å². The van der Waals surface area contributed by atoms with Gasteiger partial charge in [0.2, 0.25) is 6.79 Å². The number of hydrogen-bond acceptors (Lipinski definition) is 8. The average Bonchev–Trinajstić information content (AvgIpc) is 3.36. The van der Waals surface area contributed by atoms with Crippen molar-refractivity contribution in [1.82, 2.24) is 20.1 Å². The minimum Gasteiger partial charge on any atom is -0.454 e. The van der Waals surface area contributed by atoms with Gasteiger partial charge in [-0.3, -0.25) is 0 Å². The highest BCUT2D eigenvalue weighted by molar-refractivity contribution is 5.44. The summed E-state index contributed by atoms with van der Waals surface area (Å²) in [6.07, 6.45) is 1.58. The van der Waals surface area contributed by atoms with Crippen LogP contribution in [0.2, 0.25) is 0 Å². The van der Waals surface area contributed by atoms with Gasteiger partial charge in [-0.05, 0) is 17.7 Å². The second kappa shape index (κ2) is 5.95. The number of aliphatic hydroxyl groups excluding tert-OH is 1. The van der Waals surface area contributed by atoms with Gasteiger partial charge < -0.3 is 29.4 Å². The minimum absolute atomic E-state index is 0.200. The molecule has 132 valence electrons. The van der Waals surface area contributed by atoms with Gasteiger partial charge in [-0.2, -0.15) is 5.10 Å². The van der Waals surface area contributed by atoms with Gasteiger partial charge in [0.15, 0.2) is 17.8 Å². The molecular weight excluding hydrogens is 328 g/mol. The molecule has 0 aliphatic carbocycles. The zero-order valence-electron chi connectivity index (χ0n) is 13.3. The van der Waals surface area contributed by atoms with Gasteiger partial charge in [-0.25, -0.2) is 9.67 Å². The Kier molecular flexibility index (Phi) is 3.59. The van der Waals surface area contributed by atoms with Crippen molar-refractivity contribution in [2.75, 3.05) is 13.4 Å². The van der Waals surface area contributed by atoms with Crippen LogP contribution in [0.15, 0.2) is 30.9 Å². The Morgan fingerprint density at radius 2 is 2.20 bits per heavy atom. The molecule has 0 saturated carbocycles. The van der Waals surface area contributed by atoms with E-state index in [0.717, 1.165) is 17.1 Å². The molecule has 1 aromatic carbocycles. The van der Waals surface area contributed by atoms with Gasteiger partial charge in [0.1, 0.15) is 24.8 Å². The van der Waals surface area contributed by atoms with Crippen molar-refractivity contribution in [2.45, 2.75) is 37.1 Å². The van der Waals surface area contributed by atoms with E-state index in [4.69, 9.17) is 18.9 Å². The zero-order valence-corrected chi connectivity index (χ0v) is 13.3. The molecule has 2 saturated heterocycles. The summed E-state index contributed by atoms with van der Waals surface area (Å²) in [6.45, 7) is 1.25. The summed E-state index contributed by atoms with van der Waals surface area (Å²) >= 11 is 0. The van der Waals surface area contributed by atoms with Crippen molar-refractivity contribution in [3.8, 4) is 11.5 Å². The summed E-state index contributed by atoms with van der Waals surface area (Å²) in [5.74, 6) is 1.49. The van der Waals surface area contributed by atoms with Crippen molar-refractivity contribution < 1.29 is 24.1 Å². The number of hydrogen-bond donors (Lipinski definition) is 2. The number of benzene rings is 1. The summed E-state index contributed by atoms with van der Waals surface area (Å²) in [5.41, 5.74) is 1.04. The quantitative estimate of drug-likeness (QED) is 0.787. The Morgan fingerprint density at radius 1 is 1.28 bits per heavy atom. The first-order valence-electron chi connectivity index (χ1n) is 8.21. The molecule has 2 fully saturated rings. The van der Waals surface area contributed by atoms with E-state index < -0.39 is 18.4 Å². The summed E-state index contributed by atoms with van der Waals surface area (Å²) < 4.78 is 23.9. The molecule has 2 aromatic rings. The van der Waals surface area contributed by atoms with Crippen LogP contribution in [0.3, 0.4) is 0 Å². The maximum Gasteiger partial charge on any atom is 0.231 e. The van der Waals surface area contributed by atoms with E-state index in [2.05, 4.69) is 15.4 Å². The molecule has 3 aliphatic heterocycles. The second-order valence-corrected chi connectivity index (χ2v) is 6.33. The van der Waals surface area contributed by atoms with Crippen LogP contribution >= 0.6 is 0 Å². The van der Waals surface area contributed by atoms with Crippen LogP contribution < -0.4 is 14.8 Å². The van der Waals surface area contributed by atoms with E-state index in [1.807, 2.05) is 18.2 Å². The summed E-state index contributed by atoms with van der Waals surface area (Å²) in [7, 11) is 0. The molecular formula is C16H18N4O5. The fourth-order valence-electron chi connectivity index (χ4n) is 3.59. The van der Waals surface area contributed by atoms with E-state index in [1.54, 1.807) is 11.0 Å². The number of fused-ring (bicyclic) bond motifs is 3. The minimum atomic E-state index is -0.707. The standard InChI is InChI=1S/C16H18N4O5/c21-15-13(18-4-9-1-2-10-11(3-9)24-8-23-10)12-5-22-16(25-12)14(15)20-7-17-6-19-20/h1-3,6-7,12-16,18,21H,4-5,8H2/t12-,13-,14-,15+,16-/m1/s1. The van der Waals surface area contributed by atoms with E-state index in [-0.39, 0.29) is 18.9 Å². The van der Waals surface area contributed by atoms with Crippen molar-refractivity contribution in [1.29, 1.82) is 0 Å². The van der Waals surface area contributed by atoms with Crippen LogP contribution in [0, 0.1) is 0 Å². The molecule has 0 unspecified atom stereocenters. The molecule has 1 aromatic heterocycles. The first-order valence-corrected chi connectivity index (χ1v) is 8.21. The molecule has 5 rings (SSSR count). The van der Waals surface area contributed by atoms with E-state index in [9.17, 15) is 5.11 Å². The number of nitrogens with one attached hydrogen (secondary N) is 1. The highest BCUT2D eigenvalue weighted by Crippen LogP contribution is 2.36. The monoisotopic (exact) mass is 346 g/mol. The summed E-state index contributed by atoms with van der Waals surface area (Å²) in [6, 6.07) is 5.09. The fraction of sp³-hybridized carbons (Fsp3) is 0.500. The molecule has 2 N–H and O–H groups in total. The highest BCUT2D eigenvalue weighted by Gasteiger charge is 2.51. The van der Waals surface area contributed by atoms with Gasteiger partial charge in [-0.1, -0.05) is 6.07 Å². The molecule has 25 heavy (non-hydrogen) atoms. The van der Waals surface area contributed by atoms with Crippen LogP contribution in [-0.4, -0.2) is 57.8 Å².